The molecule has 0 bridgehead atoms. The van der Waals surface area contributed by atoms with Crippen LogP contribution in [0, 0.1) is 5.82 Å². The molecular formula is C15H9F4NO2S. The molecule has 0 aliphatic heterocycles. The molecule has 1 heterocycles. The first-order chi connectivity index (χ1) is 10.8. The molecule has 120 valence electrons. The number of hydrogen-bond donors (Lipinski definition) is 1. The molecule has 0 saturated heterocycles. The third-order valence-electron chi connectivity index (χ3n) is 2.70. The summed E-state index contributed by atoms with van der Waals surface area (Å²) < 4.78 is 51.5. The Morgan fingerprint density at radius 1 is 1.17 bits per heavy atom. The third-order valence-corrected chi connectivity index (χ3v) is 3.57. The number of aliphatic hydroxyl groups excluding tert-OH is 1. The van der Waals surface area contributed by atoms with Crippen LogP contribution in [0.3, 0.4) is 0 Å². The molecule has 1 aromatic carbocycles. The van der Waals surface area contributed by atoms with E-state index in [4.69, 9.17) is 0 Å². The van der Waals surface area contributed by atoms with E-state index in [1.54, 1.807) is 0 Å². The molecule has 2 aromatic rings. The molecule has 0 aliphatic carbocycles. The second-order valence-corrected chi connectivity index (χ2v) is 5.22. The fourth-order valence-corrected chi connectivity index (χ4v) is 2.30. The predicted molar refractivity (Wildman–Crippen MR) is 79.5 cm³/mol. The largest absolute Gasteiger partial charge is 0.506 e. The lowest BCUT2D eigenvalue weighted by Crippen LogP contribution is -2.26. The summed E-state index contributed by atoms with van der Waals surface area (Å²) in [6.07, 6.45) is -4.68. The Morgan fingerprint density at radius 3 is 2.43 bits per heavy atom. The molecule has 1 aromatic heterocycles. The number of ketones is 1. The average molecular weight is 343 g/mol. The minimum Gasteiger partial charge on any atom is -0.506 e. The lowest BCUT2D eigenvalue weighted by atomic mass is 10.1. The average Bonchev–Trinajstić information content (AvgIpc) is 3.02. The van der Waals surface area contributed by atoms with Crippen LogP contribution in [0.5, 0.6) is 0 Å². The van der Waals surface area contributed by atoms with E-state index in [-0.39, 0.29) is 10.6 Å². The van der Waals surface area contributed by atoms with Gasteiger partial charge >= 0.3 is 6.18 Å². The summed E-state index contributed by atoms with van der Waals surface area (Å²) in [7, 11) is 0. The SMILES string of the molecule is O=C(/C(C=Nc1ccccc1F)=C(\O)c1cccs1)C(F)(F)F. The predicted octanol–water partition coefficient (Wildman–Crippen LogP) is 4.69. The number of thiophene rings is 1. The van der Waals surface area contributed by atoms with Crippen molar-refractivity contribution in [1.82, 2.24) is 0 Å². The zero-order valence-electron chi connectivity index (χ0n) is 11.3. The maximum Gasteiger partial charge on any atom is 0.455 e. The highest BCUT2D eigenvalue weighted by Gasteiger charge is 2.41. The molecule has 1 N–H and O–H groups in total. The van der Waals surface area contributed by atoms with Gasteiger partial charge in [-0.1, -0.05) is 18.2 Å². The highest BCUT2D eigenvalue weighted by Crippen LogP contribution is 2.27. The minimum atomic E-state index is -5.19. The zero-order chi connectivity index (χ0) is 17.0. The van der Waals surface area contributed by atoms with Gasteiger partial charge in [0.15, 0.2) is 0 Å². The molecule has 0 amide bonds. The van der Waals surface area contributed by atoms with E-state index in [9.17, 15) is 27.5 Å². The van der Waals surface area contributed by atoms with Crippen LogP contribution in [0.4, 0.5) is 23.2 Å². The number of aliphatic hydroxyl groups is 1. The molecule has 8 heteroatoms. The first-order valence-corrected chi connectivity index (χ1v) is 7.06. The van der Waals surface area contributed by atoms with Gasteiger partial charge in [0.1, 0.15) is 11.6 Å². The fourth-order valence-electron chi connectivity index (χ4n) is 1.62. The Kier molecular flexibility index (Phi) is 4.95. The van der Waals surface area contributed by atoms with E-state index in [0.29, 0.717) is 6.21 Å². The second kappa shape index (κ2) is 6.74. The number of carbonyl (C=O) groups excluding carboxylic acids is 1. The Labute approximate surface area is 132 Å². The Hall–Kier alpha value is -2.48. The number of allylic oxidation sites excluding steroid dienone is 1. The van der Waals surface area contributed by atoms with Crippen LogP contribution < -0.4 is 0 Å². The maximum absolute atomic E-state index is 13.5. The van der Waals surface area contributed by atoms with E-state index >= 15 is 0 Å². The van der Waals surface area contributed by atoms with Gasteiger partial charge in [-0.25, -0.2) is 4.39 Å². The molecule has 0 unspecified atom stereocenters. The summed E-state index contributed by atoms with van der Waals surface area (Å²) in [6, 6.07) is 7.96. The van der Waals surface area contributed by atoms with Gasteiger partial charge in [0.05, 0.1) is 16.1 Å². The number of rotatable bonds is 4. The zero-order valence-corrected chi connectivity index (χ0v) is 12.2. The van der Waals surface area contributed by atoms with Gasteiger partial charge < -0.3 is 5.11 Å². The number of para-hydroxylation sites is 1. The van der Waals surface area contributed by atoms with Gasteiger partial charge in [-0.3, -0.25) is 9.79 Å². The molecule has 0 radical (unpaired) electrons. The van der Waals surface area contributed by atoms with Crippen molar-refractivity contribution in [2.75, 3.05) is 0 Å². The van der Waals surface area contributed by atoms with Crippen molar-refractivity contribution in [2.45, 2.75) is 6.18 Å². The van der Waals surface area contributed by atoms with Crippen LogP contribution in [0.1, 0.15) is 4.88 Å². The van der Waals surface area contributed by atoms with Gasteiger partial charge in [-0.05, 0) is 23.6 Å². The van der Waals surface area contributed by atoms with Crippen LogP contribution in [0.2, 0.25) is 0 Å². The number of halogens is 4. The minimum absolute atomic E-state index is 0.0672. The standard InChI is InChI=1S/C15H9F4NO2S/c16-10-4-1-2-5-11(10)20-8-9(14(22)15(17,18)19)13(21)12-6-3-7-23-12/h1-8,21H/b13-9-,20-8?. The number of aliphatic imine (C=N–C) groups is 1. The summed E-state index contributed by atoms with van der Waals surface area (Å²) in [4.78, 5) is 15.1. The monoisotopic (exact) mass is 343 g/mol. The van der Waals surface area contributed by atoms with E-state index in [1.165, 1.54) is 35.7 Å². The Balaban J connectivity index is 2.49. The van der Waals surface area contributed by atoms with E-state index in [1.807, 2.05) is 0 Å². The van der Waals surface area contributed by atoms with Crippen LogP contribution in [-0.2, 0) is 4.79 Å². The Bertz CT molecular complexity index is 764. The fraction of sp³-hybridized carbons (Fsp3) is 0.0667. The summed E-state index contributed by atoms with van der Waals surface area (Å²) in [5, 5.41) is 11.5. The summed E-state index contributed by atoms with van der Waals surface area (Å²) >= 11 is 0.949. The summed E-state index contributed by atoms with van der Waals surface area (Å²) in [6.45, 7) is 0. The van der Waals surface area contributed by atoms with Crippen molar-refractivity contribution >= 4 is 34.8 Å². The number of nitrogens with zero attached hydrogens (tertiary/aromatic N) is 1. The maximum atomic E-state index is 13.5. The van der Waals surface area contributed by atoms with E-state index < -0.39 is 29.1 Å². The number of alkyl halides is 3. The van der Waals surface area contributed by atoms with Gasteiger partial charge in [0, 0.05) is 6.21 Å². The quantitative estimate of drug-likeness (QED) is 0.379. The van der Waals surface area contributed by atoms with Crippen molar-refractivity contribution in [3.05, 3.63) is 58.0 Å². The molecule has 23 heavy (non-hydrogen) atoms. The van der Waals surface area contributed by atoms with Gasteiger partial charge in [-0.2, -0.15) is 13.2 Å². The van der Waals surface area contributed by atoms with E-state index in [0.717, 1.165) is 17.4 Å². The molecule has 0 spiro atoms. The van der Waals surface area contributed by atoms with Gasteiger partial charge in [-0.15, -0.1) is 11.3 Å². The first kappa shape index (κ1) is 16.9. The molecule has 3 nitrogen and oxygen atoms in total. The summed E-state index contributed by atoms with van der Waals surface area (Å²) in [5.74, 6) is -3.89. The molecule has 0 aliphatic rings. The Morgan fingerprint density at radius 2 is 1.87 bits per heavy atom. The highest BCUT2D eigenvalue weighted by molar-refractivity contribution is 7.11. The van der Waals surface area contributed by atoms with Crippen molar-refractivity contribution in [2.24, 2.45) is 4.99 Å². The number of benzene rings is 1. The van der Waals surface area contributed by atoms with Crippen LogP contribution in [0.25, 0.3) is 5.76 Å². The van der Waals surface area contributed by atoms with Crippen LogP contribution in [-0.4, -0.2) is 23.3 Å². The lowest BCUT2D eigenvalue weighted by molar-refractivity contribution is -0.165. The van der Waals surface area contributed by atoms with Gasteiger partial charge in [0.2, 0.25) is 0 Å². The van der Waals surface area contributed by atoms with Crippen molar-refractivity contribution in [3.8, 4) is 0 Å². The molecular weight excluding hydrogens is 334 g/mol. The third kappa shape index (κ3) is 4.04. The lowest BCUT2D eigenvalue weighted by Gasteiger charge is -2.08. The van der Waals surface area contributed by atoms with Crippen molar-refractivity contribution < 1.29 is 27.5 Å². The second-order valence-electron chi connectivity index (χ2n) is 4.28. The number of hydrogen-bond acceptors (Lipinski definition) is 4. The number of Topliss-reactive ketones (excluding diaryl/α,β-unsaturated/α-hetero) is 1. The smallest absolute Gasteiger partial charge is 0.455 e. The van der Waals surface area contributed by atoms with Crippen LogP contribution >= 0.6 is 11.3 Å². The van der Waals surface area contributed by atoms with Crippen LogP contribution in [0.15, 0.2) is 52.3 Å². The normalized spacial score (nSPS) is 13.2. The first-order valence-electron chi connectivity index (χ1n) is 6.18. The number of carbonyl (C=O) groups is 1. The highest BCUT2D eigenvalue weighted by atomic mass is 32.1. The molecule has 0 fully saturated rings. The molecule has 2 rings (SSSR count). The topological polar surface area (TPSA) is 49.7 Å². The van der Waals surface area contributed by atoms with E-state index in [2.05, 4.69) is 4.99 Å². The van der Waals surface area contributed by atoms with Crippen molar-refractivity contribution in [3.63, 3.8) is 0 Å². The van der Waals surface area contributed by atoms with Crippen molar-refractivity contribution in [1.29, 1.82) is 0 Å². The molecule has 0 saturated carbocycles. The summed E-state index contributed by atoms with van der Waals surface area (Å²) in [5.41, 5.74) is -1.30. The molecule has 0 atom stereocenters. The van der Waals surface area contributed by atoms with Gasteiger partial charge in [0.25, 0.3) is 5.78 Å².